The van der Waals surface area contributed by atoms with Crippen molar-refractivity contribution in [2.24, 2.45) is 0 Å². The van der Waals surface area contributed by atoms with Gasteiger partial charge in [0.05, 0.1) is 12.2 Å². The average molecular weight is 262 g/mol. The number of benzene rings is 1. The highest BCUT2D eigenvalue weighted by Crippen LogP contribution is 2.17. The Kier molecular flexibility index (Phi) is 4.80. The van der Waals surface area contributed by atoms with Crippen LogP contribution in [0.15, 0.2) is 24.3 Å². The van der Waals surface area contributed by atoms with Crippen LogP contribution < -0.4 is 4.90 Å². The molecule has 1 heterocycles. The molecule has 0 aromatic heterocycles. The molecule has 1 aliphatic rings. The summed E-state index contributed by atoms with van der Waals surface area (Å²) < 4.78 is 4.99. The molecule has 0 bridgehead atoms. The highest BCUT2D eigenvalue weighted by atomic mass is 16.5. The molecule has 0 spiro atoms. The molecule has 0 atom stereocenters. The Morgan fingerprint density at radius 2 is 1.89 bits per heavy atom. The number of ether oxygens (including phenoxy) is 1. The summed E-state index contributed by atoms with van der Waals surface area (Å²) in [6.45, 7) is 6.58. The molecule has 1 fully saturated rings. The molecule has 0 saturated carbocycles. The molecule has 1 saturated heterocycles. The lowest BCUT2D eigenvalue weighted by atomic mass is 10.2. The predicted octanol–water partition coefficient (Wildman–Crippen LogP) is 2.01. The molecule has 0 N–H and O–H groups in total. The monoisotopic (exact) mass is 262 g/mol. The summed E-state index contributed by atoms with van der Waals surface area (Å²) in [6.07, 6.45) is 1.18. The maximum absolute atomic E-state index is 11.6. The minimum absolute atomic E-state index is 0.246. The van der Waals surface area contributed by atoms with Crippen LogP contribution in [0.4, 0.5) is 5.69 Å². The van der Waals surface area contributed by atoms with E-state index < -0.39 is 0 Å². The Labute approximate surface area is 115 Å². The van der Waals surface area contributed by atoms with Crippen LogP contribution in [0.25, 0.3) is 0 Å². The van der Waals surface area contributed by atoms with Gasteiger partial charge in [0.15, 0.2) is 0 Å². The fraction of sp³-hybridized carbons (Fsp3) is 0.533. The first kappa shape index (κ1) is 13.9. The van der Waals surface area contributed by atoms with E-state index in [1.807, 2.05) is 31.2 Å². The number of rotatable bonds is 3. The second kappa shape index (κ2) is 6.57. The first-order chi connectivity index (χ1) is 9.20. The molecule has 0 radical (unpaired) electrons. The minimum Gasteiger partial charge on any atom is -0.462 e. The second-order valence-corrected chi connectivity index (χ2v) is 4.91. The quantitative estimate of drug-likeness (QED) is 0.780. The normalized spacial score (nSPS) is 17.1. The summed E-state index contributed by atoms with van der Waals surface area (Å²) in [5.41, 5.74) is 1.81. The van der Waals surface area contributed by atoms with Crippen LogP contribution >= 0.6 is 0 Å². The first-order valence-corrected chi connectivity index (χ1v) is 6.91. The summed E-state index contributed by atoms with van der Waals surface area (Å²) in [4.78, 5) is 16.3. The van der Waals surface area contributed by atoms with Gasteiger partial charge in [-0.15, -0.1) is 0 Å². The number of carbonyl (C=O) groups is 1. The van der Waals surface area contributed by atoms with Crippen molar-refractivity contribution in [1.29, 1.82) is 0 Å². The van der Waals surface area contributed by atoms with Crippen LogP contribution in [0.1, 0.15) is 23.7 Å². The van der Waals surface area contributed by atoms with Gasteiger partial charge in [0, 0.05) is 25.3 Å². The van der Waals surface area contributed by atoms with E-state index >= 15 is 0 Å². The van der Waals surface area contributed by atoms with E-state index in [1.54, 1.807) is 0 Å². The van der Waals surface area contributed by atoms with Crippen molar-refractivity contribution in [2.45, 2.75) is 13.3 Å². The van der Waals surface area contributed by atoms with E-state index in [0.29, 0.717) is 12.2 Å². The van der Waals surface area contributed by atoms with Crippen LogP contribution in [0.3, 0.4) is 0 Å². The molecule has 1 aromatic rings. The van der Waals surface area contributed by atoms with Crippen molar-refractivity contribution < 1.29 is 9.53 Å². The van der Waals surface area contributed by atoms with Gasteiger partial charge in [-0.3, -0.25) is 0 Å². The molecule has 2 rings (SSSR count). The van der Waals surface area contributed by atoms with Crippen LogP contribution in [-0.2, 0) is 4.74 Å². The molecule has 19 heavy (non-hydrogen) atoms. The molecule has 0 amide bonds. The van der Waals surface area contributed by atoms with E-state index in [2.05, 4.69) is 16.8 Å². The molecule has 0 unspecified atom stereocenters. The van der Waals surface area contributed by atoms with Gasteiger partial charge in [-0.05, 0) is 51.2 Å². The largest absolute Gasteiger partial charge is 0.462 e. The number of hydrogen-bond acceptors (Lipinski definition) is 4. The summed E-state index contributed by atoms with van der Waals surface area (Å²) in [6, 6.07) is 7.72. The van der Waals surface area contributed by atoms with Gasteiger partial charge in [0.25, 0.3) is 0 Å². The van der Waals surface area contributed by atoms with E-state index in [0.717, 1.165) is 26.2 Å². The molecule has 1 aliphatic heterocycles. The summed E-state index contributed by atoms with van der Waals surface area (Å²) in [5, 5.41) is 0. The number of esters is 1. The van der Waals surface area contributed by atoms with Gasteiger partial charge >= 0.3 is 5.97 Å². The Hall–Kier alpha value is -1.55. The molecule has 0 aliphatic carbocycles. The maximum atomic E-state index is 11.6. The standard InChI is InChI=1S/C15H22N2O2/c1-3-19-15(18)13-5-7-14(8-6-13)17-10-4-9-16(2)11-12-17/h5-8H,3-4,9-12H2,1-2H3. The Bertz CT molecular complexity index is 417. The summed E-state index contributed by atoms with van der Waals surface area (Å²) in [7, 11) is 2.16. The van der Waals surface area contributed by atoms with Crippen LogP contribution in [-0.4, -0.2) is 50.7 Å². The highest BCUT2D eigenvalue weighted by molar-refractivity contribution is 5.89. The second-order valence-electron chi connectivity index (χ2n) is 4.91. The van der Waals surface area contributed by atoms with Gasteiger partial charge in [-0.2, -0.15) is 0 Å². The van der Waals surface area contributed by atoms with Crippen LogP contribution in [0, 0.1) is 0 Å². The highest BCUT2D eigenvalue weighted by Gasteiger charge is 2.13. The molecule has 4 nitrogen and oxygen atoms in total. The van der Waals surface area contributed by atoms with E-state index in [1.165, 1.54) is 12.1 Å². The molecular formula is C15H22N2O2. The minimum atomic E-state index is -0.246. The van der Waals surface area contributed by atoms with Crippen LogP contribution in [0.2, 0.25) is 0 Å². The third kappa shape index (κ3) is 3.70. The van der Waals surface area contributed by atoms with Crippen molar-refractivity contribution in [3.63, 3.8) is 0 Å². The average Bonchev–Trinajstić information content (AvgIpc) is 2.64. The third-order valence-corrected chi connectivity index (χ3v) is 3.46. The van der Waals surface area contributed by atoms with Gasteiger partial charge in [0.2, 0.25) is 0 Å². The van der Waals surface area contributed by atoms with E-state index in [-0.39, 0.29) is 5.97 Å². The topological polar surface area (TPSA) is 32.8 Å². The molecule has 1 aromatic carbocycles. The zero-order chi connectivity index (χ0) is 13.7. The maximum Gasteiger partial charge on any atom is 0.338 e. The number of hydrogen-bond donors (Lipinski definition) is 0. The van der Waals surface area contributed by atoms with Gasteiger partial charge in [-0.25, -0.2) is 4.79 Å². The number of likely N-dealkylation sites (N-methyl/N-ethyl adjacent to an activating group) is 1. The zero-order valence-corrected chi connectivity index (χ0v) is 11.8. The lowest BCUT2D eigenvalue weighted by Gasteiger charge is -2.22. The Balaban J connectivity index is 2.03. The first-order valence-electron chi connectivity index (χ1n) is 6.91. The number of nitrogens with zero attached hydrogens (tertiary/aromatic N) is 2. The van der Waals surface area contributed by atoms with Gasteiger partial charge in [-0.1, -0.05) is 0 Å². The van der Waals surface area contributed by atoms with E-state index in [9.17, 15) is 4.79 Å². The lowest BCUT2D eigenvalue weighted by molar-refractivity contribution is 0.0526. The fourth-order valence-corrected chi connectivity index (χ4v) is 2.33. The number of anilines is 1. The molecule has 4 heteroatoms. The summed E-state index contributed by atoms with van der Waals surface area (Å²) >= 11 is 0. The Morgan fingerprint density at radius 3 is 2.58 bits per heavy atom. The molecule has 104 valence electrons. The zero-order valence-electron chi connectivity index (χ0n) is 11.8. The fourth-order valence-electron chi connectivity index (χ4n) is 2.33. The van der Waals surface area contributed by atoms with Gasteiger partial charge < -0.3 is 14.5 Å². The van der Waals surface area contributed by atoms with Crippen molar-refractivity contribution in [3.05, 3.63) is 29.8 Å². The summed E-state index contributed by atoms with van der Waals surface area (Å²) in [5.74, 6) is -0.246. The van der Waals surface area contributed by atoms with Crippen molar-refractivity contribution in [2.75, 3.05) is 44.7 Å². The smallest absolute Gasteiger partial charge is 0.338 e. The predicted molar refractivity (Wildman–Crippen MR) is 76.7 cm³/mol. The van der Waals surface area contributed by atoms with Crippen LogP contribution in [0.5, 0.6) is 0 Å². The third-order valence-electron chi connectivity index (χ3n) is 3.46. The van der Waals surface area contributed by atoms with Gasteiger partial charge in [0.1, 0.15) is 0 Å². The van der Waals surface area contributed by atoms with Crippen molar-refractivity contribution in [3.8, 4) is 0 Å². The van der Waals surface area contributed by atoms with Crippen molar-refractivity contribution in [1.82, 2.24) is 4.90 Å². The van der Waals surface area contributed by atoms with E-state index in [4.69, 9.17) is 4.74 Å². The SMILES string of the molecule is CCOC(=O)c1ccc(N2CCCN(C)CC2)cc1. The van der Waals surface area contributed by atoms with Crippen molar-refractivity contribution >= 4 is 11.7 Å². The lowest BCUT2D eigenvalue weighted by Crippen LogP contribution is -2.28. The Morgan fingerprint density at radius 1 is 1.16 bits per heavy atom. The molecular weight excluding hydrogens is 240 g/mol. The number of carbonyl (C=O) groups excluding carboxylic acids is 1.